The first-order valence-corrected chi connectivity index (χ1v) is 6.88. The highest BCUT2D eigenvalue weighted by Crippen LogP contribution is 2.18. The van der Waals surface area contributed by atoms with Crippen LogP contribution < -0.4 is 5.32 Å². The zero-order valence-corrected chi connectivity index (χ0v) is 12.6. The van der Waals surface area contributed by atoms with Crippen molar-refractivity contribution in [3.8, 4) is 0 Å². The normalized spacial score (nSPS) is 12.6. The van der Waals surface area contributed by atoms with E-state index in [1.54, 1.807) is 20.8 Å². The summed E-state index contributed by atoms with van der Waals surface area (Å²) in [6, 6.07) is 9.11. The Hall–Kier alpha value is -1.84. The minimum absolute atomic E-state index is 0.106. The number of amides is 1. The van der Waals surface area contributed by atoms with Crippen molar-refractivity contribution >= 4 is 11.9 Å². The molecule has 110 valence electrons. The first kappa shape index (κ1) is 16.2. The number of nitrogens with one attached hydrogen (secondary N) is 1. The topological polar surface area (TPSA) is 55.4 Å². The van der Waals surface area contributed by atoms with Gasteiger partial charge >= 0.3 is 6.09 Å². The molecule has 4 heteroatoms. The summed E-state index contributed by atoms with van der Waals surface area (Å²) >= 11 is 0. The molecule has 0 aliphatic rings. The number of hydrogen-bond acceptors (Lipinski definition) is 3. The Balaban J connectivity index is 2.78. The molecule has 20 heavy (non-hydrogen) atoms. The van der Waals surface area contributed by atoms with Crippen LogP contribution in [0.15, 0.2) is 30.3 Å². The number of benzene rings is 1. The van der Waals surface area contributed by atoms with Gasteiger partial charge in [0.1, 0.15) is 11.4 Å². The van der Waals surface area contributed by atoms with E-state index in [-0.39, 0.29) is 18.2 Å². The third kappa shape index (κ3) is 5.87. The quantitative estimate of drug-likeness (QED) is 0.894. The van der Waals surface area contributed by atoms with Gasteiger partial charge in [-0.25, -0.2) is 4.79 Å². The number of ketones is 1. The summed E-state index contributed by atoms with van der Waals surface area (Å²) < 4.78 is 5.24. The molecule has 0 radical (unpaired) electrons. The lowest BCUT2D eigenvalue weighted by atomic mass is 10.0. The summed E-state index contributed by atoms with van der Waals surface area (Å²) in [4.78, 5) is 23.5. The SMILES string of the molecule is CCC(=O)C[C@@H](NC(=O)OC(C)(C)C)c1ccccc1. The van der Waals surface area contributed by atoms with E-state index in [0.717, 1.165) is 5.56 Å². The van der Waals surface area contributed by atoms with E-state index < -0.39 is 11.7 Å². The lowest BCUT2D eigenvalue weighted by Crippen LogP contribution is -2.35. The molecular formula is C16H23NO3. The molecule has 0 fully saturated rings. The first-order valence-electron chi connectivity index (χ1n) is 6.88. The summed E-state index contributed by atoms with van der Waals surface area (Å²) in [7, 11) is 0. The fourth-order valence-corrected chi connectivity index (χ4v) is 1.76. The summed E-state index contributed by atoms with van der Waals surface area (Å²) in [5.41, 5.74) is 0.347. The summed E-state index contributed by atoms with van der Waals surface area (Å²) in [5, 5.41) is 2.77. The lowest BCUT2D eigenvalue weighted by Gasteiger charge is -2.23. The number of ether oxygens (including phenoxy) is 1. The zero-order valence-electron chi connectivity index (χ0n) is 12.6. The van der Waals surface area contributed by atoms with E-state index in [0.29, 0.717) is 6.42 Å². The second kappa shape index (κ2) is 7.08. The van der Waals surface area contributed by atoms with Crippen molar-refractivity contribution in [2.24, 2.45) is 0 Å². The molecule has 0 aromatic heterocycles. The number of rotatable bonds is 5. The van der Waals surface area contributed by atoms with Crippen molar-refractivity contribution in [3.63, 3.8) is 0 Å². The Bertz CT molecular complexity index is 449. The second-order valence-corrected chi connectivity index (χ2v) is 5.71. The van der Waals surface area contributed by atoms with Crippen molar-refractivity contribution < 1.29 is 14.3 Å². The van der Waals surface area contributed by atoms with Gasteiger partial charge in [-0.15, -0.1) is 0 Å². The van der Waals surface area contributed by atoms with Crippen LogP contribution in [0, 0.1) is 0 Å². The van der Waals surface area contributed by atoms with Gasteiger partial charge in [0.05, 0.1) is 6.04 Å². The van der Waals surface area contributed by atoms with Crippen LogP contribution in [0.3, 0.4) is 0 Å². The highest BCUT2D eigenvalue weighted by atomic mass is 16.6. The van der Waals surface area contributed by atoms with Gasteiger partial charge in [0.2, 0.25) is 0 Å². The maximum Gasteiger partial charge on any atom is 0.408 e. The van der Waals surface area contributed by atoms with Crippen LogP contribution in [0.2, 0.25) is 0 Å². The highest BCUT2D eigenvalue weighted by molar-refractivity contribution is 5.79. The van der Waals surface area contributed by atoms with E-state index in [1.165, 1.54) is 0 Å². The van der Waals surface area contributed by atoms with Crippen LogP contribution in [0.25, 0.3) is 0 Å². The Labute approximate surface area is 120 Å². The average Bonchev–Trinajstić information content (AvgIpc) is 2.36. The Kier molecular flexibility index (Phi) is 5.74. The van der Waals surface area contributed by atoms with Gasteiger partial charge in [0.15, 0.2) is 0 Å². The number of hydrogen-bond donors (Lipinski definition) is 1. The molecule has 0 bridgehead atoms. The van der Waals surface area contributed by atoms with E-state index >= 15 is 0 Å². The van der Waals surface area contributed by atoms with Gasteiger partial charge in [-0.2, -0.15) is 0 Å². The third-order valence-electron chi connectivity index (χ3n) is 2.72. The van der Waals surface area contributed by atoms with E-state index in [1.807, 2.05) is 37.3 Å². The van der Waals surface area contributed by atoms with Crippen molar-refractivity contribution in [2.45, 2.75) is 52.2 Å². The summed E-state index contributed by atoms with van der Waals surface area (Å²) in [6.45, 7) is 7.24. The van der Waals surface area contributed by atoms with Crippen LogP contribution in [0.4, 0.5) is 4.79 Å². The van der Waals surface area contributed by atoms with Crippen molar-refractivity contribution in [1.29, 1.82) is 0 Å². The van der Waals surface area contributed by atoms with Crippen molar-refractivity contribution in [3.05, 3.63) is 35.9 Å². The molecule has 1 aromatic rings. The van der Waals surface area contributed by atoms with Gasteiger partial charge in [-0.05, 0) is 26.3 Å². The maximum absolute atomic E-state index is 11.9. The van der Waals surface area contributed by atoms with Gasteiger partial charge in [0, 0.05) is 12.8 Å². The smallest absolute Gasteiger partial charge is 0.408 e. The molecule has 0 aliphatic heterocycles. The Morgan fingerprint density at radius 1 is 1.20 bits per heavy atom. The molecule has 1 atom stereocenters. The predicted molar refractivity (Wildman–Crippen MR) is 78.5 cm³/mol. The molecule has 0 spiro atoms. The van der Waals surface area contributed by atoms with Crippen molar-refractivity contribution in [2.75, 3.05) is 0 Å². The van der Waals surface area contributed by atoms with Gasteiger partial charge < -0.3 is 10.1 Å². The van der Waals surface area contributed by atoms with Crippen LogP contribution >= 0.6 is 0 Å². The molecule has 0 heterocycles. The molecule has 1 rings (SSSR count). The maximum atomic E-state index is 11.9. The minimum Gasteiger partial charge on any atom is -0.444 e. The van der Waals surface area contributed by atoms with Crippen molar-refractivity contribution in [1.82, 2.24) is 5.32 Å². The largest absolute Gasteiger partial charge is 0.444 e. The number of carbonyl (C=O) groups is 2. The second-order valence-electron chi connectivity index (χ2n) is 5.71. The molecule has 1 amide bonds. The third-order valence-corrected chi connectivity index (χ3v) is 2.72. The van der Waals surface area contributed by atoms with Crippen LogP contribution in [-0.2, 0) is 9.53 Å². The molecule has 4 nitrogen and oxygen atoms in total. The molecule has 0 saturated heterocycles. The standard InChI is InChI=1S/C16H23NO3/c1-5-13(18)11-14(12-9-7-6-8-10-12)17-15(19)20-16(2,3)4/h6-10,14H,5,11H2,1-4H3,(H,17,19)/t14-/m1/s1. The fourth-order valence-electron chi connectivity index (χ4n) is 1.76. The van der Waals surface area contributed by atoms with E-state index in [2.05, 4.69) is 5.32 Å². The Morgan fingerprint density at radius 3 is 2.30 bits per heavy atom. The molecule has 1 N–H and O–H groups in total. The molecule has 0 unspecified atom stereocenters. The van der Waals surface area contributed by atoms with E-state index in [9.17, 15) is 9.59 Å². The fraction of sp³-hybridized carbons (Fsp3) is 0.500. The molecule has 0 saturated carbocycles. The number of Topliss-reactive ketones (excluding diaryl/α,β-unsaturated/α-hetero) is 1. The zero-order chi connectivity index (χ0) is 15.2. The number of carbonyl (C=O) groups excluding carboxylic acids is 2. The summed E-state index contributed by atoms with van der Waals surface area (Å²) in [5.74, 6) is 0.106. The number of alkyl carbamates (subject to hydrolysis) is 1. The van der Waals surface area contributed by atoms with Crippen LogP contribution in [-0.4, -0.2) is 17.5 Å². The lowest BCUT2D eigenvalue weighted by molar-refractivity contribution is -0.119. The van der Waals surface area contributed by atoms with E-state index in [4.69, 9.17) is 4.74 Å². The first-order chi connectivity index (χ1) is 9.31. The summed E-state index contributed by atoms with van der Waals surface area (Å²) in [6.07, 6.45) is 0.231. The van der Waals surface area contributed by atoms with Crippen LogP contribution in [0.5, 0.6) is 0 Å². The molecule has 0 aliphatic carbocycles. The van der Waals surface area contributed by atoms with Gasteiger partial charge in [-0.3, -0.25) is 4.79 Å². The predicted octanol–water partition coefficient (Wildman–Crippen LogP) is 3.62. The van der Waals surface area contributed by atoms with Gasteiger partial charge in [-0.1, -0.05) is 37.3 Å². The minimum atomic E-state index is -0.555. The highest BCUT2D eigenvalue weighted by Gasteiger charge is 2.21. The monoisotopic (exact) mass is 277 g/mol. The average molecular weight is 277 g/mol. The van der Waals surface area contributed by atoms with Crippen LogP contribution in [0.1, 0.15) is 52.1 Å². The Morgan fingerprint density at radius 2 is 1.80 bits per heavy atom. The molecular weight excluding hydrogens is 254 g/mol. The van der Waals surface area contributed by atoms with Gasteiger partial charge in [0.25, 0.3) is 0 Å². The molecule has 1 aromatic carbocycles.